The Morgan fingerprint density at radius 1 is 0.842 bits per heavy atom. The van der Waals surface area contributed by atoms with Crippen LogP contribution in [0.4, 0.5) is 0 Å². The van der Waals surface area contributed by atoms with Crippen LogP contribution in [0.3, 0.4) is 0 Å². The third kappa shape index (κ3) is 3.15. The standard InChI is InChI=1S/C8H13N.C6H9NO2S/c1-5-6(2)8(4)9-7(5)3;1-4-5(2)7-10(8,9)6(4)3/h9H,1-4H3;1-3H3. The Bertz CT molecular complexity index is 639. The molecule has 1 aromatic heterocycles. The first kappa shape index (κ1) is 15.7. The fourth-order valence-corrected chi connectivity index (χ4v) is 2.97. The van der Waals surface area contributed by atoms with E-state index >= 15 is 0 Å². The number of allylic oxidation sites excluding steroid dienone is 2. The fourth-order valence-electron chi connectivity index (χ4n) is 1.80. The van der Waals surface area contributed by atoms with E-state index in [9.17, 15) is 8.42 Å². The summed E-state index contributed by atoms with van der Waals surface area (Å²) < 4.78 is 25.4. The number of hydrogen-bond acceptors (Lipinski definition) is 2. The van der Waals surface area contributed by atoms with Crippen molar-refractivity contribution in [1.82, 2.24) is 4.98 Å². The van der Waals surface area contributed by atoms with Crippen LogP contribution in [0.1, 0.15) is 43.3 Å². The number of hydrogen-bond donors (Lipinski definition) is 1. The van der Waals surface area contributed by atoms with Gasteiger partial charge < -0.3 is 4.98 Å². The third-order valence-electron chi connectivity index (χ3n) is 3.78. The van der Waals surface area contributed by atoms with Crippen LogP contribution >= 0.6 is 0 Å². The number of nitrogens with zero attached hydrogens (tertiary/aromatic N) is 1. The lowest BCUT2D eigenvalue weighted by Crippen LogP contribution is -1.91. The highest BCUT2D eigenvalue weighted by Gasteiger charge is 2.22. The molecule has 0 atom stereocenters. The predicted molar refractivity (Wildman–Crippen MR) is 80.1 cm³/mol. The van der Waals surface area contributed by atoms with Gasteiger partial charge in [-0.2, -0.15) is 12.8 Å². The molecule has 2 heterocycles. The molecule has 0 fully saturated rings. The normalized spacial score (nSPS) is 17.1. The minimum atomic E-state index is -3.26. The number of aryl methyl sites for hydroxylation is 2. The van der Waals surface area contributed by atoms with E-state index in [0.29, 0.717) is 10.6 Å². The van der Waals surface area contributed by atoms with Crippen molar-refractivity contribution in [2.75, 3.05) is 0 Å². The minimum Gasteiger partial charge on any atom is -0.362 e. The Labute approximate surface area is 115 Å². The quantitative estimate of drug-likeness (QED) is 0.793. The van der Waals surface area contributed by atoms with Gasteiger partial charge in [-0.1, -0.05) is 0 Å². The summed E-state index contributed by atoms with van der Waals surface area (Å²) in [7, 11) is -3.26. The molecule has 5 heteroatoms. The molecular weight excluding hydrogens is 260 g/mol. The lowest BCUT2D eigenvalue weighted by Gasteiger charge is -1.89. The number of aromatic amines is 1. The van der Waals surface area contributed by atoms with E-state index in [4.69, 9.17) is 0 Å². The maximum Gasteiger partial charge on any atom is 0.278 e. The van der Waals surface area contributed by atoms with Crippen LogP contribution in [0, 0.1) is 27.7 Å². The zero-order valence-corrected chi connectivity index (χ0v) is 13.5. The van der Waals surface area contributed by atoms with E-state index in [1.165, 1.54) is 22.5 Å². The average Bonchev–Trinajstić information content (AvgIpc) is 2.63. The minimum absolute atomic E-state index is 0.380. The summed E-state index contributed by atoms with van der Waals surface area (Å²) in [6, 6.07) is 0. The average molecular weight is 282 g/mol. The van der Waals surface area contributed by atoms with Gasteiger partial charge >= 0.3 is 0 Å². The van der Waals surface area contributed by atoms with Gasteiger partial charge in [0.1, 0.15) is 0 Å². The zero-order chi connectivity index (χ0) is 15.0. The van der Waals surface area contributed by atoms with Crippen LogP contribution in [0.25, 0.3) is 0 Å². The molecule has 0 radical (unpaired) electrons. The molecule has 0 aromatic carbocycles. The molecular formula is C14H22N2O2S. The Balaban J connectivity index is 0.000000191. The second-order valence-electron chi connectivity index (χ2n) is 4.96. The number of nitrogens with one attached hydrogen (secondary N) is 1. The fraction of sp³-hybridized carbons (Fsp3) is 0.500. The third-order valence-corrected chi connectivity index (χ3v) is 5.37. The first-order valence-electron chi connectivity index (χ1n) is 6.19. The van der Waals surface area contributed by atoms with Crippen molar-refractivity contribution in [3.05, 3.63) is 33.0 Å². The van der Waals surface area contributed by atoms with Crippen molar-refractivity contribution >= 4 is 15.7 Å². The Morgan fingerprint density at radius 3 is 1.37 bits per heavy atom. The molecule has 4 nitrogen and oxygen atoms in total. The van der Waals surface area contributed by atoms with Crippen molar-refractivity contribution < 1.29 is 8.42 Å². The van der Waals surface area contributed by atoms with Crippen molar-refractivity contribution in [1.29, 1.82) is 0 Å². The molecule has 0 bridgehead atoms. The van der Waals surface area contributed by atoms with Crippen LogP contribution in [-0.4, -0.2) is 19.1 Å². The molecule has 1 aromatic rings. The van der Waals surface area contributed by atoms with Gasteiger partial charge in [-0.25, -0.2) is 0 Å². The van der Waals surface area contributed by atoms with E-state index < -0.39 is 10.0 Å². The van der Waals surface area contributed by atoms with Gasteiger partial charge in [0.25, 0.3) is 10.0 Å². The lowest BCUT2D eigenvalue weighted by molar-refractivity contribution is 0.604. The monoisotopic (exact) mass is 282 g/mol. The van der Waals surface area contributed by atoms with Gasteiger partial charge in [0.05, 0.1) is 10.6 Å². The molecule has 1 N–H and O–H groups in total. The van der Waals surface area contributed by atoms with E-state index in [-0.39, 0.29) is 0 Å². The summed E-state index contributed by atoms with van der Waals surface area (Å²) in [6.07, 6.45) is 0. The molecule has 0 spiro atoms. The van der Waals surface area contributed by atoms with Gasteiger partial charge in [-0.05, 0) is 65.2 Å². The van der Waals surface area contributed by atoms with Crippen molar-refractivity contribution in [3.63, 3.8) is 0 Å². The summed E-state index contributed by atoms with van der Waals surface area (Å²) in [4.78, 5) is 3.66. The zero-order valence-electron chi connectivity index (χ0n) is 12.7. The van der Waals surface area contributed by atoms with Crippen LogP contribution in [0.15, 0.2) is 14.9 Å². The molecule has 0 aliphatic carbocycles. The highest BCUT2D eigenvalue weighted by molar-refractivity contribution is 7.94. The molecule has 0 unspecified atom stereocenters. The first-order valence-corrected chi connectivity index (χ1v) is 7.63. The van der Waals surface area contributed by atoms with Crippen LogP contribution in [-0.2, 0) is 10.0 Å². The largest absolute Gasteiger partial charge is 0.362 e. The number of H-pyrrole nitrogens is 1. The van der Waals surface area contributed by atoms with E-state index in [0.717, 1.165) is 5.57 Å². The first-order chi connectivity index (χ1) is 8.58. The molecule has 1 aliphatic rings. The summed E-state index contributed by atoms with van der Waals surface area (Å²) in [5.74, 6) is 0. The van der Waals surface area contributed by atoms with Crippen molar-refractivity contribution in [3.8, 4) is 0 Å². The van der Waals surface area contributed by atoms with Crippen LogP contribution in [0.5, 0.6) is 0 Å². The summed E-state index contributed by atoms with van der Waals surface area (Å²) in [5, 5.41) is 0. The molecule has 1 aliphatic heterocycles. The summed E-state index contributed by atoms with van der Waals surface area (Å²) in [6.45, 7) is 13.5. The van der Waals surface area contributed by atoms with Gasteiger partial charge in [0.2, 0.25) is 0 Å². The van der Waals surface area contributed by atoms with Gasteiger partial charge in [0, 0.05) is 11.4 Å². The summed E-state index contributed by atoms with van der Waals surface area (Å²) in [5.41, 5.74) is 6.77. The SMILES string of the molecule is CC1=NS(=O)(=O)C(C)=C1C.Cc1[nH]c(C)c(C)c1C. The predicted octanol–water partition coefficient (Wildman–Crippen LogP) is 3.33. The van der Waals surface area contributed by atoms with Crippen LogP contribution < -0.4 is 0 Å². The van der Waals surface area contributed by atoms with E-state index in [1.54, 1.807) is 20.8 Å². The topological polar surface area (TPSA) is 62.3 Å². The molecule has 0 saturated heterocycles. The maximum atomic E-state index is 10.9. The van der Waals surface area contributed by atoms with E-state index in [2.05, 4.69) is 37.1 Å². The second-order valence-corrected chi connectivity index (χ2v) is 6.70. The molecule has 2 rings (SSSR count). The van der Waals surface area contributed by atoms with E-state index in [1.807, 2.05) is 0 Å². The number of sulfonamides is 1. The maximum absolute atomic E-state index is 10.9. The van der Waals surface area contributed by atoms with Crippen molar-refractivity contribution in [2.24, 2.45) is 4.40 Å². The van der Waals surface area contributed by atoms with Crippen LogP contribution in [0.2, 0.25) is 0 Å². The van der Waals surface area contributed by atoms with Gasteiger partial charge in [-0.3, -0.25) is 0 Å². The smallest absolute Gasteiger partial charge is 0.278 e. The molecule has 0 saturated carbocycles. The molecule has 19 heavy (non-hydrogen) atoms. The molecule has 0 amide bonds. The van der Waals surface area contributed by atoms with Crippen molar-refractivity contribution in [2.45, 2.75) is 48.5 Å². The number of rotatable bonds is 0. The highest BCUT2D eigenvalue weighted by atomic mass is 32.2. The summed E-state index contributed by atoms with van der Waals surface area (Å²) >= 11 is 0. The second kappa shape index (κ2) is 5.33. The Morgan fingerprint density at radius 2 is 1.26 bits per heavy atom. The van der Waals surface area contributed by atoms with Gasteiger partial charge in [0.15, 0.2) is 0 Å². The number of aromatic nitrogens is 1. The lowest BCUT2D eigenvalue weighted by atomic mass is 10.2. The molecule has 106 valence electrons. The highest BCUT2D eigenvalue weighted by Crippen LogP contribution is 2.21. The Hall–Kier alpha value is -1.36. The Kier molecular flexibility index (Phi) is 4.40. The van der Waals surface area contributed by atoms with Gasteiger partial charge in [-0.15, -0.1) is 0 Å².